The van der Waals surface area contributed by atoms with Gasteiger partial charge < -0.3 is 0 Å². The first-order chi connectivity index (χ1) is 14.0. The van der Waals surface area contributed by atoms with Crippen molar-refractivity contribution in [2.75, 3.05) is 6.54 Å². The lowest BCUT2D eigenvalue weighted by Crippen LogP contribution is -2.28. The summed E-state index contributed by atoms with van der Waals surface area (Å²) >= 11 is 0. The molecule has 1 aliphatic heterocycles. The van der Waals surface area contributed by atoms with Crippen molar-refractivity contribution in [2.45, 2.75) is 31.1 Å². The van der Waals surface area contributed by atoms with Crippen molar-refractivity contribution in [3.05, 3.63) is 107 Å². The van der Waals surface area contributed by atoms with Crippen LogP contribution in [0.15, 0.2) is 95.4 Å². The van der Waals surface area contributed by atoms with Crippen LogP contribution >= 0.6 is 0 Å². The van der Waals surface area contributed by atoms with E-state index in [1.165, 1.54) is 0 Å². The fourth-order valence-corrected chi connectivity index (χ4v) is 5.62. The Labute approximate surface area is 173 Å². The van der Waals surface area contributed by atoms with Crippen molar-refractivity contribution in [2.24, 2.45) is 0 Å². The van der Waals surface area contributed by atoms with Gasteiger partial charge in [0, 0.05) is 12.5 Å². The van der Waals surface area contributed by atoms with Crippen LogP contribution in [0.25, 0.3) is 5.70 Å². The summed E-state index contributed by atoms with van der Waals surface area (Å²) in [6, 6.07) is 27.2. The van der Waals surface area contributed by atoms with Crippen molar-refractivity contribution in [3.63, 3.8) is 0 Å². The van der Waals surface area contributed by atoms with Gasteiger partial charge in [0.15, 0.2) is 0 Å². The van der Waals surface area contributed by atoms with Gasteiger partial charge in [-0.2, -0.15) is 0 Å². The molecule has 29 heavy (non-hydrogen) atoms. The van der Waals surface area contributed by atoms with E-state index < -0.39 is 10.0 Å². The molecule has 0 amide bonds. The Balaban J connectivity index is 1.89. The van der Waals surface area contributed by atoms with E-state index in [9.17, 15) is 8.42 Å². The molecular formula is C25H25NO2S. The third kappa shape index (κ3) is 3.60. The number of benzene rings is 3. The van der Waals surface area contributed by atoms with Gasteiger partial charge in [-0.3, -0.25) is 4.31 Å². The largest absolute Gasteiger partial charge is 0.265 e. The lowest BCUT2D eigenvalue weighted by atomic mass is 9.90. The smallest absolute Gasteiger partial charge is 0.264 e. The molecule has 4 heteroatoms. The SMILES string of the molecule is CCC1=C(c2ccccc2)N(S(=O)(=O)c2ccc(C)cc2)CC1c1ccccc1. The Hall–Kier alpha value is -2.85. The van der Waals surface area contributed by atoms with Crippen molar-refractivity contribution >= 4 is 15.7 Å². The maximum atomic E-state index is 13.7. The zero-order valence-electron chi connectivity index (χ0n) is 16.7. The Morgan fingerprint density at radius 2 is 1.45 bits per heavy atom. The van der Waals surface area contributed by atoms with Crippen LogP contribution in [-0.2, 0) is 10.0 Å². The van der Waals surface area contributed by atoms with E-state index in [1.54, 1.807) is 16.4 Å². The normalized spacial score (nSPS) is 17.0. The summed E-state index contributed by atoms with van der Waals surface area (Å²) in [6.07, 6.45) is 0.795. The predicted molar refractivity (Wildman–Crippen MR) is 118 cm³/mol. The zero-order chi connectivity index (χ0) is 20.4. The molecule has 148 valence electrons. The van der Waals surface area contributed by atoms with Gasteiger partial charge in [0.25, 0.3) is 10.0 Å². The first-order valence-corrected chi connectivity index (χ1v) is 11.4. The molecule has 0 spiro atoms. The van der Waals surface area contributed by atoms with E-state index in [0.717, 1.165) is 34.4 Å². The molecule has 1 atom stereocenters. The average Bonchev–Trinajstić information content (AvgIpc) is 3.16. The van der Waals surface area contributed by atoms with Crippen LogP contribution < -0.4 is 0 Å². The van der Waals surface area contributed by atoms with Gasteiger partial charge in [-0.25, -0.2) is 8.42 Å². The minimum atomic E-state index is -3.66. The lowest BCUT2D eigenvalue weighted by molar-refractivity contribution is 0.514. The van der Waals surface area contributed by atoms with E-state index in [-0.39, 0.29) is 5.92 Å². The van der Waals surface area contributed by atoms with E-state index >= 15 is 0 Å². The molecule has 0 bridgehead atoms. The first-order valence-electron chi connectivity index (χ1n) is 9.95. The summed E-state index contributed by atoms with van der Waals surface area (Å²) < 4.78 is 28.9. The molecule has 0 radical (unpaired) electrons. The van der Waals surface area contributed by atoms with Crippen molar-refractivity contribution < 1.29 is 8.42 Å². The van der Waals surface area contributed by atoms with Gasteiger partial charge in [0.05, 0.1) is 10.6 Å². The van der Waals surface area contributed by atoms with Gasteiger partial charge in [-0.15, -0.1) is 0 Å². The molecule has 1 aliphatic rings. The maximum Gasteiger partial charge on any atom is 0.264 e. The Bertz CT molecular complexity index is 1120. The number of hydrogen-bond donors (Lipinski definition) is 0. The van der Waals surface area contributed by atoms with Gasteiger partial charge in [-0.1, -0.05) is 85.3 Å². The van der Waals surface area contributed by atoms with E-state index in [4.69, 9.17) is 0 Å². The molecule has 3 aromatic rings. The number of hydrogen-bond acceptors (Lipinski definition) is 2. The highest BCUT2D eigenvalue weighted by Crippen LogP contribution is 2.44. The summed E-state index contributed by atoms with van der Waals surface area (Å²) in [7, 11) is -3.66. The minimum Gasteiger partial charge on any atom is -0.265 e. The molecular weight excluding hydrogens is 378 g/mol. The van der Waals surface area contributed by atoms with Crippen LogP contribution in [0.5, 0.6) is 0 Å². The Morgan fingerprint density at radius 3 is 2.03 bits per heavy atom. The maximum absolute atomic E-state index is 13.7. The highest BCUT2D eigenvalue weighted by molar-refractivity contribution is 7.89. The predicted octanol–water partition coefficient (Wildman–Crippen LogP) is 5.60. The second-order valence-corrected chi connectivity index (χ2v) is 9.27. The second-order valence-electron chi connectivity index (χ2n) is 7.41. The summed E-state index contributed by atoms with van der Waals surface area (Å²) in [5, 5.41) is 0. The first kappa shape index (κ1) is 19.5. The van der Waals surface area contributed by atoms with E-state index in [1.807, 2.05) is 67.6 Å². The van der Waals surface area contributed by atoms with Crippen LogP contribution in [0.1, 0.15) is 36.0 Å². The lowest BCUT2D eigenvalue weighted by Gasteiger charge is -2.23. The highest BCUT2D eigenvalue weighted by Gasteiger charge is 2.39. The molecule has 0 aromatic heterocycles. The minimum absolute atomic E-state index is 0.0524. The molecule has 0 N–H and O–H groups in total. The van der Waals surface area contributed by atoms with Crippen molar-refractivity contribution in [1.82, 2.24) is 4.31 Å². The summed E-state index contributed by atoms with van der Waals surface area (Å²) in [4.78, 5) is 0.334. The van der Waals surface area contributed by atoms with Crippen LogP contribution in [0.4, 0.5) is 0 Å². The van der Waals surface area contributed by atoms with E-state index in [0.29, 0.717) is 11.4 Å². The number of aryl methyl sites for hydroxylation is 1. The molecule has 1 heterocycles. The molecule has 3 aromatic carbocycles. The highest BCUT2D eigenvalue weighted by atomic mass is 32.2. The van der Waals surface area contributed by atoms with Crippen molar-refractivity contribution in [1.29, 1.82) is 0 Å². The number of sulfonamides is 1. The fourth-order valence-electron chi connectivity index (χ4n) is 4.08. The summed E-state index contributed by atoms with van der Waals surface area (Å²) in [5.74, 6) is 0.0524. The van der Waals surface area contributed by atoms with Crippen molar-refractivity contribution in [3.8, 4) is 0 Å². The quantitative estimate of drug-likeness (QED) is 0.556. The molecule has 4 rings (SSSR count). The van der Waals surface area contributed by atoms with Gasteiger partial charge in [0.1, 0.15) is 0 Å². The van der Waals surface area contributed by atoms with Crippen LogP contribution in [0, 0.1) is 6.92 Å². The molecule has 0 fully saturated rings. The average molecular weight is 404 g/mol. The van der Waals surface area contributed by atoms with Gasteiger partial charge >= 0.3 is 0 Å². The second kappa shape index (κ2) is 7.88. The Kier molecular flexibility index (Phi) is 5.29. The third-order valence-corrected chi connectivity index (χ3v) is 7.34. The fraction of sp³-hybridized carbons (Fsp3) is 0.200. The standard InChI is InChI=1S/C25H25NO2S/c1-3-23-24(20-10-6-4-7-11-20)18-26(25(23)21-12-8-5-9-13-21)29(27,28)22-16-14-19(2)15-17-22/h4-17,24H,3,18H2,1-2H3. The van der Waals surface area contributed by atoms with Crippen LogP contribution in [0.3, 0.4) is 0 Å². The summed E-state index contributed by atoms with van der Waals surface area (Å²) in [5.41, 5.74) is 5.12. The molecule has 0 saturated carbocycles. The third-order valence-electron chi connectivity index (χ3n) is 5.56. The molecule has 0 aliphatic carbocycles. The van der Waals surface area contributed by atoms with Crippen LogP contribution in [-0.4, -0.2) is 19.3 Å². The van der Waals surface area contributed by atoms with E-state index in [2.05, 4.69) is 19.1 Å². The Morgan fingerprint density at radius 1 is 0.862 bits per heavy atom. The monoisotopic (exact) mass is 403 g/mol. The zero-order valence-corrected chi connectivity index (χ0v) is 17.6. The summed E-state index contributed by atoms with van der Waals surface area (Å²) in [6.45, 7) is 4.49. The molecule has 1 unspecified atom stereocenters. The number of rotatable bonds is 5. The number of nitrogens with zero attached hydrogens (tertiary/aromatic N) is 1. The van der Waals surface area contributed by atoms with Gasteiger partial charge in [0.2, 0.25) is 0 Å². The molecule has 3 nitrogen and oxygen atoms in total. The van der Waals surface area contributed by atoms with Gasteiger partial charge in [-0.05, 0) is 42.2 Å². The topological polar surface area (TPSA) is 37.4 Å². The molecule has 0 saturated heterocycles. The van der Waals surface area contributed by atoms with Crippen LogP contribution in [0.2, 0.25) is 0 Å².